The molecule has 1 aliphatic rings. The Kier molecular flexibility index (Phi) is 4.15. The maximum absolute atomic E-state index is 12.6. The summed E-state index contributed by atoms with van der Waals surface area (Å²) < 4.78 is 12.2. The topological polar surface area (TPSA) is 94.5 Å². The smallest absolute Gasteiger partial charge is 0.250 e. The second-order valence-corrected chi connectivity index (χ2v) is 6.12. The van der Waals surface area contributed by atoms with Crippen LogP contribution in [0.2, 0.25) is 0 Å². The van der Waals surface area contributed by atoms with Crippen LogP contribution in [-0.4, -0.2) is 35.6 Å². The summed E-state index contributed by atoms with van der Waals surface area (Å²) in [7, 11) is 3.06. The highest BCUT2D eigenvalue weighted by Gasteiger charge is 2.34. The van der Waals surface area contributed by atoms with Crippen LogP contribution < -0.4 is 20.1 Å². The number of imidazole rings is 1. The first-order valence-electron chi connectivity index (χ1n) is 8.40. The van der Waals surface area contributed by atoms with Gasteiger partial charge in [0, 0.05) is 6.07 Å². The molecule has 1 atom stereocenters. The fourth-order valence-corrected chi connectivity index (χ4v) is 3.23. The molecule has 1 aromatic heterocycles. The fourth-order valence-electron chi connectivity index (χ4n) is 3.23. The van der Waals surface area contributed by atoms with Gasteiger partial charge in [0.15, 0.2) is 0 Å². The lowest BCUT2D eigenvalue weighted by atomic mass is 10.1. The third-order valence-corrected chi connectivity index (χ3v) is 4.50. The number of anilines is 2. The van der Waals surface area contributed by atoms with Gasteiger partial charge in [0.2, 0.25) is 17.8 Å². The summed E-state index contributed by atoms with van der Waals surface area (Å²) in [4.78, 5) is 29.4. The van der Waals surface area contributed by atoms with Gasteiger partial charge in [0.25, 0.3) is 0 Å². The SMILES string of the molecule is COc1ccc(OC)c(NC(=O)CC2C(=O)Nc3nc4ccccc4n32)c1. The molecule has 2 aromatic carbocycles. The quantitative estimate of drug-likeness (QED) is 0.724. The first kappa shape index (κ1) is 16.9. The van der Waals surface area contributed by atoms with Crippen molar-refractivity contribution >= 4 is 34.5 Å². The Bertz CT molecular complexity index is 1040. The summed E-state index contributed by atoms with van der Waals surface area (Å²) in [6.45, 7) is 0. The molecule has 8 heteroatoms. The average Bonchev–Trinajstić information content (AvgIpc) is 3.17. The molecule has 1 unspecified atom stereocenters. The van der Waals surface area contributed by atoms with Gasteiger partial charge < -0.3 is 14.8 Å². The van der Waals surface area contributed by atoms with Crippen molar-refractivity contribution in [2.75, 3.05) is 24.9 Å². The molecule has 0 fully saturated rings. The number of hydrogen-bond acceptors (Lipinski definition) is 5. The van der Waals surface area contributed by atoms with E-state index >= 15 is 0 Å². The summed E-state index contributed by atoms with van der Waals surface area (Å²) in [6.07, 6.45) is -0.0282. The number of nitrogens with one attached hydrogen (secondary N) is 2. The second kappa shape index (κ2) is 6.64. The fraction of sp³-hybridized carbons (Fsp3) is 0.211. The van der Waals surface area contributed by atoms with Gasteiger partial charge in [0.05, 0.1) is 37.4 Å². The number of carbonyl (C=O) groups excluding carboxylic acids is 2. The maximum Gasteiger partial charge on any atom is 0.250 e. The van der Waals surface area contributed by atoms with Gasteiger partial charge in [-0.1, -0.05) is 12.1 Å². The molecule has 2 amide bonds. The number of ether oxygens (including phenoxy) is 2. The van der Waals surface area contributed by atoms with E-state index in [2.05, 4.69) is 15.6 Å². The summed E-state index contributed by atoms with van der Waals surface area (Å²) in [5, 5.41) is 5.53. The molecule has 1 aliphatic heterocycles. The van der Waals surface area contributed by atoms with E-state index in [9.17, 15) is 9.59 Å². The zero-order chi connectivity index (χ0) is 19.0. The van der Waals surface area contributed by atoms with E-state index < -0.39 is 6.04 Å². The van der Waals surface area contributed by atoms with Gasteiger partial charge in [-0.2, -0.15) is 0 Å². The van der Waals surface area contributed by atoms with Crippen LogP contribution in [0.25, 0.3) is 11.0 Å². The highest BCUT2D eigenvalue weighted by Crippen LogP contribution is 2.33. The molecule has 0 aliphatic carbocycles. The van der Waals surface area contributed by atoms with Crippen LogP contribution >= 0.6 is 0 Å². The Morgan fingerprint density at radius 3 is 2.81 bits per heavy atom. The van der Waals surface area contributed by atoms with E-state index in [1.165, 1.54) is 7.11 Å². The largest absolute Gasteiger partial charge is 0.497 e. The van der Waals surface area contributed by atoms with Gasteiger partial charge in [0.1, 0.15) is 17.5 Å². The van der Waals surface area contributed by atoms with Crippen LogP contribution in [0.4, 0.5) is 11.6 Å². The maximum atomic E-state index is 12.6. The van der Waals surface area contributed by atoms with Crippen molar-refractivity contribution in [3.05, 3.63) is 42.5 Å². The summed E-state index contributed by atoms with van der Waals surface area (Å²) in [5.74, 6) is 0.989. The normalized spacial score (nSPS) is 15.3. The number of carbonyl (C=O) groups is 2. The average molecular weight is 366 g/mol. The molecule has 0 spiro atoms. The molecule has 4 rings (SSSR count). The van der Waals surface area contributed by atoms with Crippen molar-refractivity contribution < 1.29 is 19.1 Å². The standard InChI is InChI=1S/C19H18N4O4/c1-26-11-7-8-16(27-2)13(9-11)20-17(24)10-15-18(25)22-19-21-12-5-3-4-6-14(12)23(15)19/h3-9,15H,10H2,1-2H3,(H,20,24)(H,21,22,25). The number of fused-ring (bicyclic) bond motifs is 3. The minimum atomic E-state index is -0.663. The van der Waals surface area contributed by atoms with Crippen LogP contribution in [0.1, 0.15) is 12.5 Å². The van der Waals surface area contributed by atoms with Gasteiger partial charge in [-0.05, 0) is 24.3 Å². The van der Waals surface area contributed by atoms with Gasteiger partial charge in [-0.15, -0.1) is 0 Å². The Labute approximate surface area is 155 Å². The Morgan fingerprint density at radius 1 is 1.22 bits per heavy atom. The molecule has 0 bridgehead atoms. The van der Waals surface area contributed by atoms with E-state index in [0.717, 1.165) is 11.0 Å². The molecule has 3 aromatic rings. The Hall–Kier alpha value is -3.55. The van der Waals surface area contributed by atoms with Gasteiger partial charge >= 0.3 is 0 Å². The number of para-hydroxylation sites is 2. The zero-order valence-corrected chi connectivity index (χ0v) is 14.9. The summed E-state index contributed by atoms with van der Waals surface area (Å²) >= 11 is 0. The lowest BCUT2D eigenvalue weighted by Gasteiger charge is -2.14. The van der Waals surface area contributed by atoms with Crippen molar-refractivity contribution in [1.82, 2.24) is 9.55 Å². The number of rotatable bonds is 5. The first-order valence-corrected chi connectivity index (χ1v) is 8.40. The Balaban J connectivity index is 1.59. The van der Waals surface area contributed by atoms with E-state index in [1.807, 2.05) is 24.3 Å². The highest BCUT2D eigenvalue weighted by atomic mass is 16.5. The van der Waals surface area contributed by atoms with Crippen molar-refractivity contribution in [3.63, 3.8) is 0 Å². The molecule has 0 saturated heterocycles. The molecule has 8 nitrogen and oxygen atoms in total. The molecule has 2 N–H and O–H groups in total. The first-order chi connectivity index (χ1) is 13.1. The molecular formula is C19H18N4O4. The third kappa shape index (κ3) is 2.95. The molecule has 2 heterocycles. The van der Waals surface area contributed by atoms with Crippen LogP contribution in [0.5, 0.6) is 11.5 Å². The van der Waals surface area contributed by atoms with E-state index in [-0.39, 0.29) is 18.2 Å². The summed E-state index contributed by atoms with van der Waals surface area (Å²) in [5.41, 5.74) is 2.06. The van der Waals surface area contributed by atoms with Crippen molar-refractivity contribution in [1.29, 1.82) is 0 Å². The van der Waals surface area contributed by atoms with E-state index in [1.54, 1.807) is 29.9 Å². The second-order valence-electron chi connectivity index (χ2n) is 6.12. The number of nitrogens with zero attached hydrogens (tertiary/aromatic N) is 2. The van der Waals surface area contributed by atoms with E-state index in [0.29, 0.717) is 23.1 Å². The number of benzene rings is 2. The minimum Gasteiger partial charge on any atom is -0.497 e. The molecule has 27 heavy (non-hydrogen) atoms. The number of hydrogen-bond donors (Lipinski definition) is 2. The molecule has 0 saturated carbocycles. The number of aromatic nitrogens is 2. The lowest BCUT2D eigenvalue weighted by molar-refractivity contribution is -0.123. The van der Waals surface area contributed by atoms with Crippen LogP contribution in [0.3, 0.4) is 0 Å². The van der Waals surface area contributed by atoms with Crippen LogP contribution in [0.15, 0.2) is 42.5 Å². The molecular weight excluding hydrogens is 348 g/mol. The third-order valence-electron chi connectivity index (χ3n) is 4.50. The van der Waals surface area contributed by atoms with E-state index in [4.69, 9.17) is 9.47 Å². The number of methoxy groups -OCH3 is 2. The van der Waals surface area contributed by atoms with Crippen molar-refractivity contribution in [3.8, 4) is 11.5 Å². The molecule has 0 radical (unpaired) electrons. The number of amides is 2. The Morgan fingerprint density at radius 2 is 2.04 bits per heavy atom. The van der Waals surface area contributed by atoms with Gasteiger partial charge in [-0.25, -0.2) is 4.98 Å². The highest BCUT2D eigenvalue weighted by molar-refractivity contribution is 6.03. The minimum absolute atomic E-state index is 0.0282. The van der Waals surface area contributed by atoms with Gasteiger partial charge in [-0.3, -0.25) is 19.5 Å². The van der Waals surface area contributed by atoms with Crippen LogP contribution in [-0.2, 0) is 9.59 Å². The zero-order valence-electron chi connectivity index (χ0n) is 14.9. The summed E-state index contributed by atoms with van der Waals surface area (Å²) in [6, 6.07) is 11.9. The lowest BCUT2D eigenvalue weighted by Crippen LogP contribution is -2.23. The predicted octanol–water partition coefficient (Wildman–Crippen LogP) is 2.58. The van der Waals surface area contributed by atoms with Crippen molar-refractivity contribution in [2.24, 2.45) is 0 Å². The predicted molar refractivity (Wildman–Crippen MR) is 100 cm³/mol. The molecule has 138 valence electrons. The van der Waals surface area contributed by atoms with Crippen LogP contribution in [0, 0.1) is 0 Å². The monoisotopic (exact) mass is 366 g/mol. The van der Waals surface area contributed by atoms with Crippen molar-refractivity contribution in [2.45, 2.75) is 12.5 Å².